The molecule has 0 bridgehead atoms. The van der Waals surface area contributed by atoms with Gasteiger partial charge in [-0.1, -0.05) is 18.5 Å². The largest absolute Gasteiger partial charge is 0.477 e. The summed E-state index contributed by atoms with van der Waals surface area (Å²) >= 11 is 17.3. The Labute approximate surface area is 295 Å². The fourth-order valence-corrected chi connectivity index (χ4v) is 4.77. The molecular weight excluding hydrogens is 735 g/mol. The number of rotatable bonds is 22. The normalized spacial score (nSPS) is 26.4. The maximum Gasteiger partial charge on any atom is 0.409 e. The number of hydrogen-bond donors (Lipinski definition) is 12. The Balaban J connectivity index is 3.45. The van der Waals surface area contributed by atoms with Crippen LogP contribution in [0.2, 0.25) is 0 Å². The molecule has 2 amide bonds. The third-order valence-electron chi connectivity index (χ3n) is 7.19. The summed E-state index contributed by atoms with van der Waals surface area (Å²) in [5, 5.41) is 105. The van der Waals surface area contributed by atoms with Gasteiger partial charge in [-0.25, -0.2) is 9.59 Å². The summed E-state index contributed by atoms with van der Waals surface area (Å²) in [6.07, 6.45) is -23.2. The van der Waals surface area contributed by atoms with E-state index in [0.29, 0.717) is 0 Å². The number of aliphatic carboxylic acids is 1. The van der Waals surface area contributed by atoms with Crippen molar-refractivity contribution < 1.29 is 89.1 Å². The molecule has 20 nitrogen and oxygen atoms in total. The SMILES string of the molecule is CC[C@@](OC1C(O)[C@H](O[C@H](CNC(=O)OC(Cl)(CCl)CCl)[C@H](O)C(O)CO)OC(CO)[C@@H]1O)(OC(CNC(C)=O)[C@H](O)[C@H](O)CO)C(=O)O. The van der Waals surface area contributed by atoms with Crippen molar-refractivity contribution in [3.63, 3.8) is 0 Å². The third kappa shape index (κ3) is 12.9. The number of aliphatic hydroxyl groups excluding tert-OH is 9. The van der Waals surface area contributed by atoms with Crippen LogP contribution in [-0.4, -0.2) is 192 Å². The number of alkyl carbamates (subject to hydrolysis) is 1. The average molecular weight is 780 g/mol. The molecular formula is C26H45Cl3N2O18. The van der Waals surface area contributed by atoms with Gasteiger partial charge in [0.2, 0.25) is 11.0 Å². The lowest BCUT2D eigenvalue weighted by atomic mass is 9.97. The molecule has 1 aliphatic rings. The fourth-order valence-electron chi connectivity index (χ4n) is 4.30. The van der Waals surface area contributed by atoms with Crippen LogP contribution in [0.1, 0.15) is 20.3 Å². The number of carboxylic acid groups (broad SMARTS) is 1. The molecule has 12 N–H and O–H groups in total. The zero-order valence-corrected chi connectivity index (χ0v) is 28.6. The van der Waals surface area contributed by atoms with Crippen LogP contribution in [0, 0.1) is 0 Å². The molecule has 288 valence electrons. The van der Waals surface area contributed by atoms with Crippen LogP contribution in [0.15, 0.2) is 0 Å². The molecule has 12 atom stereocenters. The van der Waals surface area contributed by atoms with Crippen molar-refractivity contribution in [2.45, 2.75) is 98.4 Å². The van der Waals surface area contributed by atoms with Gasteiger partial charge in [0.15, 0.2) is 6.29 Å². The Morgan fingerprint density at radius 3 is 1.88 bits per heavy atom. The van der Waals surface area contributed by atoms with E-state index in [-0.39, 0.29) is 0 Å². The lowest BCUT2D eigenvalue weighted by Gasteiger charge is -2.46. The minimum absolute atomic E-state index is 0.431. The monoisotopic (exact) mass is 778 g/mol. The number of halogens is 3. The van der Waals surface area contributed by atoms with E-state index in [9.17, 15) is 65.4 Å². The summed E-state index contributed by atoms with van der Waals surface area (Å²) < 4.78 is 27.1. The summed E-state index contributed by atoms with van der Waals surface area (Å²) in [6.45, 7) is -2.05. The minimum atomic E-state index is -2.87. The summed E-state index contributed by atoms with van der Waals surface area (Å²) in [5.74, 6) is -6.27. The van der Waals surface area contributed by atoms with Crippen LogP contribution in [0.4, 0.5) is 4.79 Å². The number of ether oxygens (including phenoxy) is 5. The number of nitrogens with one attached hydrogen (secondary N) is 2. The maximum absolute atomic E-state index is 12.6. The Hall–Kier alpha value is -1.44. The maximum atomic E-state index is 12.6. The molecule has 1 aliphatic heterocycles. The second-order valence-corrected chi connectivity index (χ2v) is 12.1. The van der Waals surface area contributed by atoms with E-state index in [4.69, 9.17) is 58.5 Å². The molecule has 0 radical (unpaired) electrons. The smallest absolute Gasteiger partial charge is 0.409 e. The van der Waals surface area contributed by atoms with Crippen LogP contribution in [0.25, 0.3) is 0 Å². The lowest BCUT2D eigenvalue weighted by molar-refractivity contribution is -0.362. The van der Waals surface area contributed by atoms with E-state index in [1.54, 1.807) is 0 Å². The van der Waals surface area contributed by atoms with Crippen molar-refractivity contribution >= 4 is 52.8 Å². The van der Waals surface area contributed by atoms with Crippen molar-refractivity contribution in [2.75, 3.05) is 44.7 Å². The molecule has 0 aromatic heterocycles. The van der Waals surface area contributed by atoms with Gasteiger partial charge in [-0.2, -0.15) is 0 Å². The van der Waals surface area contributed by atoms with Crippen LogP contribution in [0.3, 0.4) is 0 Å². The van der Waals surface area contributed by atoms with Gasteiger partial charge in [-0.15, -0.1) is 23.2 Å². The Kier molecular flexibility index (Phi) is 19.7. The number of carbonyl (C=O) groups excluding carboxylic acids is 2. The summed E-state index contributed by atoms with van der Waals surface area (Å²) in [6, 6.07) is 0. The molecule has 1 rings (SSSR count). The molecule has 23 heteroatoms. The Morgan fingerprint density at radius 2 is 1.43 bits per heavy atom. The van der Waals surface area contributed by atoms with Gasteiger partial charge in [0.1, 0.15) is 61.0 Å². The average Bonchev–Trinajstić information content (AvgIpc) is 3.08. The highest BCUT2D eigenvalue weighted by Crippen LogP contribution is 2.33. The van der Waals surface area contributed by atoms with Crippen molar-refractivity contribution in [3.8, 4) is 0 Å². The quantitative estimate of drug-likeness (QED) is 0.0364. The number of alkyl halides is 3. The van der Waals surface area contributed by atoms with E-state index in [0.717, 1.165) is 6.92 Å². The van der Waals surface area contributed by atoms with Crippen molar-refractivity contribution in [3.05, 3.63) is 0 Å². The van der Waals surface area contributed by atoms with Crippen molar-refractivity contribution in [1.82, 2.24) is 10.6 Å². The zero-order valence-electron chi connectivity index (χ0n) is 26.4. The number of hydrogen-bond acceptors (Lipinski definition) is 17. The predicted octanol–water partition coefficient (Wildman–Crippen LogP) is -4.52. The van der Waals surface area contributed by atoms with Crippen molar-refractivity contribution in [1.29, 1.82) is 0 Å². The van der Waals surface area contributed by atoms with Gasteiger partial charge in [-0.3, -0.25) is 4.79 Å². The number of aliphatic hydroxyl groups is 9. The van der Waals surface area contributed by atoms with Crippen LogP contribution in [-0.2, 0) is 33.3 Å². The Bertz CT molecular complexity index is 1030. The molecule has 0 aromatic carbocycles. The summed E-state index contributed by atoms with van der Waals surface area (Å²) in [7, 11) is 0. The molecule has 1 saturated heterocycles. The van der Waals surface area contributed by atoms with E-state index in [1.165, 1.54) is 6.92 Å². The predicted molar refractivity (Wildman–Crippen MR) is 164 cm³/mol. The first-order chi connectivity index (χ1) is 22.9. The molecule has 49 heavy (non-hydrogen) atoms. The van der Waals surface area contributed by atoms with Gasteiger partial charge >= 0.3 is 12.1 Å². The van der Waals surface area contributed by atoms with E-state index in [1.807, 2.05) is 0 Å². The van der Waals surface area contributed by atoms with Gasteiger partial charge in [0.05, 0.1) is 31.6 Å². The van der Waals surface area contributed by atoms with Crippen LogP contribution >= 0.6 is 34.8 Å². The fraction of sp³-hybridized carbons (Fsp3) is 0.885. The van der Waals surface area contributed by atoms with E-state index < -0.39 is 147 Å². The molecule has 0 spiro atoms. The number of carbonyl (C=O) groups is 3. The first kappa shape index (κ1) is 45.6. The van der Waals surface area contributed by atoms with Crippen LogP contribution in [0.5, 0.6) is 0 Å². The van der Waals surface area contributed by atoms with Gasteiger partial charge in [0.25, 0.3) is 5.79 Å². The highest BCUT2D eigenvalue weighted by Gasteiger charge is 2.54. The molecule has 0 aromatic rings. The van der Waals surface area contributed by atoms with Crippen LogP contribution < -0.4 is 10.6 Å². The Morgan fingerprint density at radius 1 is 0.898 bits per heavy atom. The number of carboxylic acids is 1. The van der Waals surface area contributed by atoms with Gasteiger partial charge < -0.3 is 85.4 Å². The first-order valence-corrected chi connectivity index (χ1v) is 16.2. The van der Waals surface area contributed by atoms with E-state index >= 15 is 0 Å². The highest BCUT2D eigenvalue weighted by molar-refractivity contribution is 6.34. The second kappa shape index (κ2) is 21.2. The molecule has 1 fully saturated rings. The molecule has 1 heterocycles. The molecule has 5 unspecified atom stereocenters. The molecule has 0 aliphatic carbocycles. The highest BCUT2D eigenvalue weighted by atomic mass is 35.5. The summed E-state index contributed by atoms with van der Waals surface area (Å²) in [4.78, 5) is 36.5. The summed E-state index contributed by atoms with van der Waals surface area (Å²) in [5.41, 5.74) is 0. The van der Waals surface area contributed by atoms with E-state index in [2.05, 4.69) is 10.6 Å². The minimum Gasteiger partial charge on any atom is -0.477 e. The lowest BCUT2D eigenvalue weighted by Crippen LogP contribution is -2.65. The zero-order chi connectivity index (χ0) is 37.7. The first-order valence-electron chi connectivity index (χ1n) is 14.7. The number of amides is 2. The van der Waals surface area contributed by atoms with Crippen molar-refractivity contribution in [2.24, 2.45) is 0 Å². The molecule has 0 saturated carbocycles. The van der Waals surface area contributed by atoms with Gasteiger partial charge in [0, 0.05) is 26.4 Å². The third-order valence-corrected chi connectivity index (χ3v) is 8.67. The standard InChI is InChI=1S/C26H45Cl3N2O18/c1-3-26(23(42)43,47-15(5-30-11(2)35)18(39)13(37)7-33)48-21-19(40)16(8-34)46-22(20(21)41)45-14(17(38)12(36)6-32)4-31-24(44)49-25(29,9-27)10-28/h12-22,32-34,36-41H,3-10H2,1-2H3,(H,30,35)(H,31,44)(H,42,43)/t12?,13-,14-,15?,16?,17-,18-,19+,20?,21?,22-,26+/m1/s1. The van der Waals surface area contributed by atoms with Gasteiger partial charge in [-0.05, 0) is 0 Å². The second-order valence-electron chi connectivity index (χ2n) is 10.9. The topological polar surface area (TPSA) is 324 Å².